The van der Waals surface area contributed by atoms with Gasteiger partial charge in [0.25, 0.3) is 0 Å². The maximum Gasteiger partial charge on any atom is 0.152 e. The third kappa shape index (κ3) is 4.94. The van der Waals surface area contributed by atoms with Gasteiger partial charge in [0.1, 0.15) is 0 Å². The summed E-state index contributed by atoms with van der Waals surface area (Å²) >= 11 is 6.37. The number of nitrogens with zero attached hydrogens (tertiary/aromatic N) is 1. The predicted octanol–water partition coefficient (Wildman–Crippen LogP) is 6.80. The van der Waals surface area contributed by atoms with Crippen LogP contribution in [0.5, 0.6) is 0 Å². The first-order chi connectivity index (χ1) is 19.9. The highest BCUT2D eigenvalue weighted by Crippen LogP contribution is 2.75. The molecule has 0 spiro atoms. The first-order valence-corrected chi connectivity index (χ1v) is 19.7. The van der Waals surface area contributed by atoms with Gasteiger partial charge in [-0.15, -0.1) is 0 Å². The monoisotopic (exact) mass is 632 g/mol. The molecule has 4 saturated carbocycles. The van der Waals surface area contributed by atoms with Gasteiger partial charge in [-0.2, -0.15) is 0 Å². The van der Waals surface area contributed by atoms with Crippen molar-refractivity contribution in [3.63, 3.8) is 0 Å². The van der Waals surface area contributed by atoms with Gasteiger partial charge >= 0.3 is 0 Å². The average Bonchev–Trinajstić information content (AvgIpc) is 2.92. The summed E-state index contributed by atoms with van der Waals surface area (Å²) in [5.41, 5.74) is 2.77. The molecule has 1 heterocycles. The highest BCUT2D eigenvalue weighted by molar-refractivity contribution is 7.91. The number of hydrogen-bond donors (Lipinski definition) is 2. The van der Waals surface area contributed by atoms with E-state index >= 15 is 0 Å². The van der Waals surface area contributed by atoms with Crippen LogP contribution in [0.25, 0.3) is 0 Å². The molecule has 0 aromatic heterocycles. The Morgan fingerprint density at radius 2 is 1.63 bits per heavy atom. The quantitative estimate of drug-likeness (QED) is 0.263. The average molecular weight is 633 g/mol. The molecule has 0 amide bonds. The lowest BCUT2D eigenvalue weighted by atomic mass is 9.33. The van der Waals surface area contributed by atoms with E-state index in [-0.39, 0.29) is 44.7 Å². The minimum Gasteiger partial charge on any atom is -0.393 e. The second-order valence-electron chi connectivity index (χ2n) is 18.0. The van der Waals surface area contributed by atoms with Crippen LogP contribution in [0, 0.1) is 50.2 Å². The molecule has 2 N–H and O–H groups in total. The largest absolute Gasteiger partial charge is 0.393 e. The van der Waals surface area contributed by atoms with E-state index in [2.05, 4.69) is 64.8 Å². The van der Waals surface area contributed by atoms with Crippen molar-refractivity contribution in [1.29, 1.82) is 0 Å². The van der Waals surface area contributed by atoms with Gasteiger partial charge in [-0.25, -0.2) is 8.42 Å². The lowest BCUT2D eigenvalue weighted by Gasteiger charge is -2.71. The SMILES string of the molecule is CC1(C)CC[C@]2(C(=S)NCCN3CCS(=O)(=O)CC3)CC[C@]3(C)C(=CC[C@@H]4[C@@]5(C)CCC(O)C(C)(C)[C@@H]5CC[C@]43C)[C@@H]2C1. The van der Waals surface area contributed by atoms with Crippen LogP contribution in [0.4, 0.5) is 0 Å². The standard InChI is InChI=1S/C36H60N2O3S2/c1-31(2)14-16-36(30(42)37-18-19-38-20-22-43(40,41)23-21-38)17-15-34(6)25(26(36)24-31)8-9-28-33(5)12-11-29(39)32(3,4)27(33)10-13-35(28,34)7/h8,26-29,39H,9-24H2,1-7H3,(H,37,42)/t26-,27-,28+,29?,33-,34+,35+,36-/m0/s1. The first kappa shape index (κ1) is 32.4. The minimum atomic E-state index is -2.86. The highest BCUT2D eigenvalue weighted by Gasteiger charge is 2.68. The lowest BCUT2D eigenvalue weighted by Crippen LogP contribution is -2.65. The summed E-state index contributed by atoms with van der Waals surface area (Å²) in [5, 5.41) is 14.8. The zero-order chi connectivity index (χ0) is 31.3. The van der Waals surface area contributed by atoms with Crippen molar-refractivity contribution in [2.45, 2.75) is 119 Å². The van der Waals surface area contributed by atoms with Gasteiger partial charge in [-0.1, -0.05) is 72.3 Å². The van der Waals surface area contributed by atoms with Crippen LogP contribution in [-0.4, -0.2) is 67.2 Å². The van der Waals surface area contributed by atoms with E-state index in [0.717, 1.165) is 37.3 Å². The van der Waals surface area contributed by atoms with Crippen molar-refractivity contribution < 1.29 is 13.5 Å². The summed E-state index contributed by atoms with van der Waals surface area (Å²) < 4.78 is 23.8. The molecule has 8 atom stereocenters. The van der Waals surface area contributed by atoms with Crippen LogP contribution >= 0.6 is 12.2 Å². The molecular weight excluding hydrogens is 573 g/mol. The second-order valence-corrected chi connectivity index (χ2v) is 20.7. The predicted molar refractivity (Wildman–Crippen MR) is 181 cm³/mol. The summed E-state index contributed by atoms with van der Waals surface area (Å²) in [5.74, 6) is 2.28. The number of hydrogen-bond acceptors (Lipinski definition) is 5. The first-order valence-electron chi connectivity index (χ1n) is 17.5. The molecule has 7 heteroatoms. The van der Waals surface area contributed by atoms with E-state index in [1.807, 2.05) is 0 Å². The van der Waals surface area contributed by atoms with Crippen LogP contribution in [-0.2, 0) is 9.84 Å². The summed E-state index contributed by atoms with van der Waals surface area (Å²) in [4.78, 5) is 3.35. The summed E-state index contributed by atoms with van der Waals surface area (Å²) in [6, 6.07) is 0. The zero-order valence-electron chi connectivity index (χ0n) is 28.2. The zero-order valence-corrected chi connectivity index (χ0v) is 29.9. The van der Waals surface area contributed by atoms with E-state index < -0.39 is 9.84 Å². The maximum absolute atomic E-state index is 11.9. The number of nitrogens with one attached hydrogen (secondary N) is 1. The molecular formula is C36H60N2O3S2. The Balaban J connectivity index is 1.27. The molecule has 0 radical (unpaired) electrons. The molecule has 6 rings (SSSR count). The maximum atomic E-state index is 11.9. The summed E-state index contributed by atoms with van der Waals surface area (Å²) in [6.45, 7) is 20.5. The summed E-state index contributed by atoms with van der Waals surface area (Å²) in [7, 11) is -2.86. The Hall–Kier alpha value is -0.500. The van der Waals surface area contributed by atoms with Gasteiger partial charge in [-0.3, -0.25) is 4.90 Å². The fourth-order valence-electron chi connectivity index (χ4n) is 12.1. The lowest BCUT2D eigenvalue weighted by molar-refractivity contribution is -0.201. The van der Waals surface area contributed by atoms with Crippen molar-refractivity contribution >= 4 is 27.0 Å². The molecule has 1 saturated heterocycles. The second kappa shape index (κ2) is 10.5. The van der Waals surface area contributed by atoms with Crippen LogP contribution < -0.4 is 5.32 Å². The molecule has 1 unspecified atom stereocenters. The third-order valence-electron chi connectivity index (χ3n) is 15.2. The van der Waals surface area contributed by atoms with E-state index in [4.69, 9.17) is 12.2 Å². The van der Waals surface area contributed by atoms with Crippen molar-refractivity contribution in [2.75, 3.05) is 37.7 Å². The fourth-order valence-corrected chi connectivity index (χ4v) is 13.8. The molecule has 0 bridgehead atoms. The Kier molecular flexibility index (Phi) is 7.92. The molecule has 0 aromatic carbocycles. The van der Waals surface area contributed by atoms with Gasteiger partial charge in [0.05, 0.1) is 22.6 Å². The Bertz CT molecular complexity index is 1260. The van der Waals surface area contributed by atoms with Crippen molar-refractivity contribution in [1.82, 2.24) is 10.2 Å². The number of rotatable bonds is 4. The number of fused-ring (bicyclic) bond motifs is 7. The molecule has 244 valence electrons. The van der Waals surface area contributed by atoms with Crippen molar-refractivity contribution in [3.05, 3.63) is 11.6 Å². The van der Waals surface area contributed by atoms with Gasteiger partial charge < -0.3 is 10.4 Å². The number of sulfone groups is 1. The molecule has 5 nitrogen and oxygen atoms in total. The molecule has 6 aliphatic rings. The van der Waals surface area contributed by atoms with Gasteiger partial charge in [0.2, 0.25) is 0 Å². The third-order valence-corrected chi connectivity index (χ3v) is 17.4. The molecule has 43 heavy (non-hydrogen) atoms. The Labute approximate surface area is 268 Å². The van der Waals surface area contributed by atoms with E-state index in [1.54, 1.807) is 5.57 Å². The van der Waals surface area contributed by atoms with E-state index in [1.165, 1.54) is 44.9 Å². The number of aliphatic hydroxyl groups is 1. The van der Waals surface area contributed by atoms with Gasteiger partial charge in [-0.05, 0) is 109 Å². The normalized spacial score (nSPS) is 46.7. The van der Waals surface area contributed by atoms with Crippen LogP contribution in [0.15, 0.2) is 11.6 Å². The van der Waals surface area contributed by atoms with Gasteiger partial charge in [0, 0.05) is 31.6 Å². The molecule has 1 aliphatic heterocycles. The van der Waals surface area contributed by atoms with E-state index in [0.29, 0.717) is 36.3 Å². The number of allylic oxidation sites excluding steroid dienone is 2. The van der Waals surface area contributed by atoms with Crippen molar-refractivity contribution in [2.24, 2.45) is 50.2 Å². The van der Waals surface area contributed by atoms with E-state index in [9.17, 15) is 13.5 Å². The fraction of sp³-hybridized carbons (Fsp3) is 0.917. The Morgan fingerprint density at radius 1 is 0.953 bits per heavy atom. The topological polar surface area (TPSA) is 69.6 Å². The van der Waals surface area contributed by atoms with Gasteiger partial charge in [0.15, 0.2) is 9.84 Å². The molecule has 5 fully saturated rings. The van der Waals surface area contributed by atoms with Crippen LogP contribution in [0.2, 0.25) is 0 Å². The highest BCUT2D eigenvalue weighted by atomic mass is 32.2. The Morgan fingerprint density at radius 3 is 2.33 bits per heavy atom. The smallest absolute Gasteiger partial charge is 0.152 e. The van der Waals surface area contributed by atoms with Crippen molar-refractivity contribution in [3.8, 4) is 0 Å². The molecule has 0 aromatic rings. The number of aliphatic hydroxyl groups excluding tert-OH is 1. The summed E-state index contributed by atoms with van der Waals surface area (Å²) in [6.07, 6.45) is 14.3. The molecule has 5 aliphatic carbocycles. The minimum absolute atomic E-state index is 0.0192. The van der Waals surface area contributed by atoms with Crippen LogP contribution in [0.3, 0.4) is 0 Å². The van der Waals surface area contributed by atoms with Crippen LogP contribution in [0.1, 0.15) is 113 Å². The number of thiocarbonyl (C=S) groups is 1.